The number of nitriles is 1. The maximum absolute atomic E-state index is 13.4. The van der Waals surface area contributed by atoms with Crippen LogP contribution in [-0.4, -0.2) is 35.7 Å². The van der Waals surface area contributed by atoms with Crippen LogP contribution in [0.25, 0.3) is 0 Å². The van der Waals surface area contributed by atoms with Gasteiger partial charge in [0.05, 0.1) is 23.1 Å². The smallest absolute Gasteiger partial charge is 0.328 e. The topological polar surface area (TPSA) is 133 Å². The average Bonchev–Trinajstić information content (AvgIpc) is 3.23. The fourth-order valence-corrected chi connectivity index (χ4v) is 2.38. The average molecular weight is 439 g/mol. The van der Waals surface area contributed by atoms with Crippen molar-refractivity contribution in [2.24, 2.45) is 0 Å². The van der Waals surface area contributed by atoms with E-state index in [0.717, 1.165) is 31.0 Å². The predicted octanol–water partition coefficient (Wildman–Crippen LogP) is 3.78. The molecule has 0 saturated heterocycles. The van der Waals surface area contributed by atoms with Crippen LogP contribution in [0.15, 0.2) is 47.3 Å². The van der Waals surface area contributed by atoms with Crippen LogP contribution in [0, 0.1) is 17.1 Å². The molecule has 0 fully saturated rings. The van der Waals surface area contributed by atoms with E-state index in [0.29, 0.717) is 12.2 Å². The molecule has 160 valence electrons. The summed E-state index contributed by atoms with van der Waals surface area (Å²) < 4.78 is 24.4. The van der Waals surface area contributed by atoms with Crippen molar-refractivity contribution < 1.29 is 33.3 Å². The van der Waals surface area contributed by atoms with E-state index in [9.17, 15) is 14.0 Å². The molecule has 3 N–H and O–H groups in total. The van der Waals surface area contributed by atoms with E-state index >= 15 is 0 Å². The van der Waals surface area contributed by atoms with Gasteiger partial charge < -0.3 is 24.7 Å². The Kier molecular flexibility index (Phi) is 10.7. The van der Waals surface area contributed by atoms with Gasteiger partial charge in [-0.05, 0) is 38.6 Å². The summed E-state index contributed by atoms with van der Waals surface area (Å²) in [5.74, 6) is -2.88. The van der Waals surface area contributed by atoms with Gasteiger partial charge in [0.2, 0.25) is 0 Å². The van der Waals surface area contributed by atoms with Crippen LogP contribution in [-0.2, 0) is 9.59 Å². The van der Waals surface area contributed by atoms with Crippen molar-refractivity contribution in [3.05, 3.63) is 64.8 Å². The number of aliphatic carboxylic acids is 2. The third kappa shape index (κ3) is 8.77. The summed E-state index contributed by atoms with van der Waals surface area (Å²) in [7, 11) is 1.88. The summed E-state index contributed by atoms with van der Waals surface area (Å²) in [5, 5.41) is 27.7. The third-order valence-corrected chi connectivity index (χ3v) is 3.88. The lowest BCUT2D eigenvalue weighted by molar-refractivity contribution is -0.134. The van der Waals surface area contributed by atoms with Crippen molar-refractivity contribution in [2.45, 2.75) is 18.9 Å². The highest BCUT2D eigenvalue weighted by Crippen LogP contribution is 2.32. The molecule has 0 spiro atoms. The molecule has 0 radical (unpaired) electrons. The molecule has 1 aromatic carbocycles. The van der Waals surface area contributed by atoms with Crippen LogP contribution < -0.4 is 10.1 Å². The molecule has 2 aromatic rings. The molecule has 1 heterocycles. The maximum Gasteiger partial charge on any atom is 0.328 e. The highest BCUT2D eigenvalue weighted by Gasteiger charge is 2.18. The number of nitrogens with zero attached hydrogens (tertiary/aromatic N) is 1. The fraction of sp³-hybridized carbons (Fsp3) is 0.250. The van der Waals surface area contributed by atoms with Gasteiger partial charge >= 0.3 is 11.9 Å². The molecule has 1 atom stereocenters. The number of rotatable bonds is 9. The first-order valence-corrected chi connectivity index (χ1v) is 9.02. The molecule has 1 aromatic heterocycles. The first-order chi connectivity index (χ1) is 14.3. The van der Waals surface area contributed by atoms with Crippen LogP contribution in [0.1, 0.15) is 30.1 Å². The second-order valence-electron chi connectivity index (χ2n) is 5.79. The van der Waals surface area contributed by atoms with Crippen LogP contribution in [0.3, 0.4) is 0 Å². The number of benzene rings is 1. The number of furan rings is 1. The molecule has 10 heteroatoms. The van der Waals surface area contributed by atoms with Gasteiger partial charge in [-0.1, -0.05) is 11.6 Å². The van der Waals surface area contributed by atoms with Gasteiger partial charge in [0.15, 0.2) is 0 Å². The molecule has 8 nitrogen and oxygen atoms in total. The van der Waals surface area contributed by atoms with E-state index in [1.165, 1.54) is 6.07 Å². The molecule has 0 amide bonds. The van der Waals surface area contributed by atoms with Crippen molar-refractivity contribution >= 4 is 23.5 Å². The van der Waals surface area contributed by atoms with Crippen molar-refractivity contribution in [3.8, 4) is 11.8 Å². The molecule has 30 heavy (non-hydrogen) atoms. The Morgan fingerprint density at radius 2 is 2.03 bits per heavy atom. The Labute approximate surface area is 177 Å². The number of ether oxygens (including phenoxy) is 1. The zero-order valence-electron chi connectivity index (χ0n) is 16.0. The van der Waals surface area contributed by atoms with Gasteiger partial charge in [-0.25, -0.2) is 14.0 Å². The van der Waals surface area contributed by atoms with Crippen LogP contribution >= 0.6 is 11.6 Å². The molecule has 0 unspecified atom stereocenters. The normalized spacial score (nSPS) is 11.3. The van der Waals surface area contributed by atoms with Gasteiger partial charge in [-0.2, -0.15) is 5.26 Å². The number of carbonyl (C=O) groups is 2. The Morgan fingerprint density at radius 3 is 2.53 bits per heavy atom. The van der Waals surface area contributed by atoms with Gasteiger partial charge in [0, 0.05) is 23.8 Å². The Hall–Kier alpha value is -3.35. The van der Waals surface area contributed by atoms with E-state index in [-0.39, 0.29) is 22.4 Å². The number of carboxylic acid groups (broad SMARTS) is 2. The lowest BCUT2D eigenvalue weighted by atomic mass is 10.1. The lowest BCUT2D eigenvalue weighted by Gasteiger charge is -2.19. The lowest BCUT2D eigenvalue weighted by Crippen LogP contribution is -2.13. The number of hydrogen-bond donors (Lipinski definition) is 3. The zero-order valence-corrected chi connectivity index (χ0v) is 16.7. The summed E-state index contributed by atoms with van der Waals surface area (Å²) in [4.78, 5) is 19.1. The summed E-state index contributed by atoms with van der Waals surface area (Å²) >= 11 is 5.78. The van der Waals surface area contributed by atoms with Gasteiger partial charge in [0.1, 0.15) is 23.7 Å². The summed E-state index contributed by atoms with van der Waals surface area (Å²) in [5.41, 5.74) is 0.976. The molecule has 0 aliphatic rings. The maximum atomic E-state index is 13.4. The van der Waals surface area contributed by atoms with Crippen molar-refractivity contribution in [1.29, 1.82) is 5.26 Å². The molecule has 2 rings (SSSR count). The van der Waals surface area contributed by atoms with Crippen molar-refractivity contribution in [2.75, 3.05) is 13.6 Å². The Balaban J connectivity index is 0.000000479. The standard InChI is InChI=1S/C16H16ClFN2O2.C4H4O4/c1-20-5-2-3-15(11-4-6-21-10-11)22-16-8-13(17)14(18)7-12(16)9-19;5-3(6)1-2-4(7)8/h4,6-8,10,15,20H,2-3,5H2,1H3;1-2H,(H,5,6)(H,7,8)/b;2-1+/t15-;/m1./s1. The Morgan fingerprint density at radius 1 is 1.37 bits per heavy atom. The second kappa shape index (κ2) is 13.0. The first-order valence-electron chi connectivity index (χ1n) is 8.64. The van der Waals surface area contributed by atoms with Crippen molar-refractivity contribution in [1.82, 2.24) is 5.32 Å². The minimum absolute atomic E-state index is 0.0739. The van der Waals surface area contributed by atoms with E-state index < -0.39 is 17.8 Å². The summed E-state index contributed by atoms with van der Waals surface area (Å²) in [6.45, 7) is 0.840. The molecular formula is C20H20ClFN2O6. The van der Waals surface area contributed by atoms with Crippen LogP contribution in [0.5, 0.6) is 5.75 Å². The summed E-state index contributed by atoms with van der Waals surface area (Å²) in [6.07, 6.45) is 5.59. The molecule has 0 aliphatic heterocycles. The van der Waals surface area contributed by atoms with Gasteiger partial charge in [-0.15, -0.1) is 0 Å². The van der Waals surface area contributed by atoms with E-state index in [2.05, 4.69) is 5.32 Å². The van der Waals surface area contributed by atoms with Crippen LogP contribution in [0.2, 0.25) is 5.02 Å². The molecule has 0 aliphatic carbocycles. The second-order valence-corrected chi connectivity index (χ2v) is 6.20. The van der Waals surface area contributed by atoms with E-state index in [1.807, 2.05) is 13.1 Å². The number of carboxylic acids is 2. The predicted molar refractivity (Wildman–Crippen MR) is 106 cm³/mol. The first kappa shape index (κ1) is 24.7. The molecule has 0 saturated carbocycles. The van der Waals surface area contributed by atoms with Crippen LogP contribution in [0.4, 0.5) is 4.39 Å². The fourth-order valence-electron chi connectivity index (χ4n) is 2.23. The van der Waals surface area contributed by atoms with E-state index in [1.54, 1.807) is 18.6 Å². The molecular weight excluding hydrogens is 419 g/mol. The number of halogens is 2. The zero-order chi connectivity index (χ0) is 22.5. The largest absolute Gasteiger partial charge is 0.484 e. The quantitative estimate of drug-likeness (QED) is 0.398. The highest BCUT2D eigenvalue weighted by molar-refractivity contribution is 6.30. The minimum atomic E-state index is -1.26. The Bertz CT molecular complexity index is 893. The number of hydrogen-bond acceptors (Lipinski definition) is 6. The third-order valence-electron chi connectivity index (χ3n) is 3.59. The monoisotopic (exact) mass is 438 g/mol. The highest BCUT2D eigenvalue weighted by atomic mass is 35.5. The SMILES string of the molecule is CNCCC[C@@H](Oc1cc(Cl)c(F)cc1C#N)c1ccoc1.O=C(O)/C=C/C(=O)O. The van der Waals surface area contributed by atoms with Gasteiger partial charge in [0.25, 0.3) is 0 Å². The van der Waals surface area contributed by atoms with Crippen molar-refractivity contribution in [3.63, 3.8) is 0 Å². The summed E-state index contributed by atoms with van der Waals surface area (Å²) in [6, 6.07) is 6.14. The molecule has 0 bridgehead atoms. The van der Waals surface area contributed by atoms with Gasteiger partial charge in [-0.3, -0.25) is 0 Å². The van der Waals surface area contributed by atoms with E-state index in [4.69, 9.17) is 36.2 Å². The number of nitrogens with one attached hydrogen (secondary N) is 1. The minimum Gasteiger partial charge on any atom is -0.484 e.